The Labute approximate surface area is 95.9 Å². The van der Waals surface area contributed by atoms with Gasteiger partial charge < -0.3 is 5.32 Å². The van der Waals surface area contributed by atoms with Gasteiger partial charge in [0.2, 0.25) is 5.28 Å². The highest BCUT2D eigenvalue weighted by molar-refractivity contribution is 7.85. The van der Waals surface area contributed by atoms with Crippen molar-refractivity contribution < 1.29 is 4.21 Å². The van der Waals surface area contributed by atoms with Crippen molar-refractivity contribution in [1.82, 2.24) is 9.97 Å². The van der Waals surface area contributed by atoms with Crippen molar-refractivity contribution in [2.45, 2.75) is 18.9 Å². The zero-order valence-electron chi connectivity index (χ0n) is 8.15. The van der Waals surface area contributed by atoms with Gasteiger partial charge in [0, 0.05) is 34.5 Å². The van der Waals surface area contributed by atoms with Crippen LogP contribution in [0.2, 0.25) is 5.28 Å². The third-order valence-corrected chi connectivity index (χ3v) is 3.93. The number of aromatic nitrogens is 2. The Balaban J connectivity index is 1.94. The molecule has 2 heterocycles. The molecule has 82 valence electrons. The van der Waals surface area contributed by atoms with Crippen LogP contribution in [0.25, 0.3) is 0 Å². The topological polar surface area (TPSA) is 54.9 Å². The van der Waals surface area contributed by atoms with Crippen LogP contribution in [0.1, 0.15) is 12.8 Å². The average molecular weight is 246 g/mol. The smallest absolute Gasteiger partial charge is 0.224 e. The Hall–Kier alpha value is -0.680. The van der Waals surface area contributed by atoms with Crippen LogP contribution >= 0.6 is 11.6 Å². The number of anilines is 1. The Morgan fingerprint density at radius 3 is 2.87 bits per heavy atom. The van der Waals surface area contributed by atoms with E-state index in [0.717, 1.165) is 30.2 Å². The van der Waals surface area contributed by atoms with Crippen LogP contribution in [0, 0.1) is 0 Å². The Bertz CT molecular complexity index is 364. The first-order valence-electron chi connectivity index (χ1n) is 4.84. The second-order valence-corrected chi connectivity index (χ2v) is 5.51. The van der Waals surface area contributed by atoms with Crippen LogP contribution in [0.4, 0.5) is 5.82 Å². The Morgan fingerprint density at radius 2 is 2.20 bits per heavy atom. The summed E-state index contributed by atoms with van der Waals surface area (Å²) >= 11 is 5.67. The van der Waals surface area contributed by atoms with Gasteiger partial charge in [0.1, 0.15) is 5.82 Å². The molecule has 0 spiro atoms. The van der Waals surface area contributed by atoms with Crippen LogP contribution in [-0.4, -0.2) is 31.7 Å². The van der Waals surface area contributed by atoms with Crippen LogP contribution in [0.5, 0.6) is 0 Å². The molecule has 1 fully saturated rings. The fraction of sp³-hybridized carbons (Fsp3) is 0.556. The molecule has 1 aliphatic heterocycles. The second-order valence-electron chi connectivity index (χ2n) is 3.48. The molecule has 1 aromatic heterocycles. The van der Waals surface area contributed by atoms with Crippen molar-refractivity contribution in [3.8, 4) is 0 Å². The maximum Gasteiger partial charge on any atom is 0.224 e. The Morgan fingerprint density at radius 1 is 1.47 bits per heavy atom. The zero-order valence-corrected chi connectivity index (χ0v) is 9.72. The maximum atomic E-state index is 11.2. The van der Waals surface area contributed by atoms with E-state index in [9.17, 15) is 4.21 Å². The minimum Gasteiger partial charge on any atom is -0.367 e. The fourth-order valence-corrected chi connectivity index (χ4v) is 3.01. The summed E-state index contributed by atoms with van der Waals surface area (Å²) in [6, 6.07) is 2.14. The number of rotatable bonds is 2. The van der Waals surface area contributed by atoms with Crippen molar-refractivity contribution in [1.29, 1.82) is 0 Å². The van der Waals surface area contributed by atoms with Gasteiger partial charge in [0.15, 0.2) is 0 Å². The molecule has 0 aliphatic carbocycles. The van der Waals surface area contributed by atoms with E-state index in [2.05, 4.69) is 15.3 Å². The molecule has 1 aromatic rings. The molecule has 1 aliphatic rings. The molecule has 4 nitrogen and oxygen atoms in total. The molecule has 0 atom stereocenters. The molecule has 0 radical (unpaired) electrons. The highest BCUT2D eigenvalue weighted by atomic mass is 35.5. The lowest BCUT2D eigenvalue weighted by Gasteiger charge is -2.22. The van der Waals surface area contributed by atoms with Crippen LogP contribution in [0.15, 0.2) is 12.3 Å². The molecule has 2 rings (SSSR count). The second kappa shape index (κ2) is 4.90. The van der Waals surface area contributed by atoms with E-state index in [4.69, 9.17) is 11.6 Å². The summed E-state index contributed by atoms with van der Waals surface area (Å²) in [7, 11) is -0.622. The monoisotopic (exact) mass is 245 g/mol. The lowest BCUT2D eigenvalue weighted by Crippen LogP contribution is -2.29. The van der Waals surface area contributed by atoms with Crippen molar-refractivity contribution in [3.63, 3.8) is 0 Å². The lowest BCUT2D eigenvalue weighted by atomic mass is 10.1. The first kappa shape index (κ1) is 10.8. The van der Waals surface area contributed by atoms with E-state index < -0.39 is 10.8 Å². The third kappa shape index (κ3) is 3.14. The number of nitrogens with one attached hydrogen (secondary N) is 1. The summed E-state index contributed by atoms with van der Waals surface area (Å²) < 4.78 is 11.2. The molecule has 0 bridgehead atoms. The molecule has 1 N–H and O–H groups in total. The van der Waals surface area contributed by atoms with Gasteiger partial charge in [-0.1, -0.05) is 0 Å². The summed E-state index contributed by atoms with van der Waals surface area (Å²) in [4.78, 5) is 7.86. The Kier molecular flexibility index (Phi) is 3.53. The average Bonchev–Trinajstić information content (AvgIpc) is 2.22. The SMILES string of the molecule is O=S1CCC(Nc2ccnc(Cl)n2)CC1. The van der Waals surface area contributed by atoms with Gasteiger partial charge in [-0.15, -0.1) is 0 Å². The van der Waals surface area contributed by atoms with Crippen molar-refractivity contribution >= 4 is 28.2 Å². The molecular formula is C9H12ClN3OS. The highest BCUT2D eigenvalue weighted by Crippen LogP contribution is 2.15. The first-order valence-corrected chi connectivity index (χ1v) is 6.71. The summed E-state index contributed by atoms with van der Waals surface area (Å²) in [6.45, 7) is 0. The van der Waals surface area contributed by atoms with E-state index in [-0.39, 0.29) is 5.28 Å². The molecular weight excluding hydrogens is 234 g/mol. The number of hydrogen-bond acceptors (Lipinski definition) is 4. The van der Waals surface area contributed by atoms with E-state index in [1.165, 1.54) is 0 Å². The van der Waals surface area contributed by atoms with Gasteiger partial charge in [0.05, 0.1) is 0 Å². The molecule has 0 aromatic carbocycles. The zero-order chi connectivity index (χ0) is 10.7. The molecule has 0 unspecified atom stereocenters. The molecule has 15 heavy (non-hydrogen) atoms. The summed E-state index contributed by atoms with van der Waals surface area (Å²) in [5, 5.41) is 3.52. The highest BCUT2D eigenvalue weighted by Gasteiger charge is 2.17. The van der Waals surface area contributed by atoms with Crippen LogP contribution in [0.3, 0.4) is 0 Å². The van der Waals surface area contributed by atoms with Crippen LogP contribution < -0.4 is 5.32 Å². The van der Waals surface area contributed by atoms with Gasteiger partial charge in [-0.3, -0.25) is 4.21 Å². The van der Waals surface area contributed by atoms with Crippen molar-refractivity contribution in [2.75, 3.05) is 16.8 Å². The largest absolute Gasteiger partial charge is 0.367 e. The fourth-order valence-electron chi connectivity index (χ4n) is 1.56. The predicted molar refractivity (Wildman–Crippen MR) is 61.6 cm³/mol. The molecule has 1 saturated heterocycles. The predicted octanol–water partition coefficient (Wildman–Crippen LogP) is 1.45. The van der Waals surface area contributed by atoms with Gasteiger partial charge in [-0.05, 0) is 30.5 Å². The van der Waals surface area contributed by atoms with Crippen LogP contribution in [-0.2, 0) is 10.8 Å². The quantitative estimate of drug-likeness (QED) is 0.802. The maximum absolute atomic E-state index is 11.2. The minimum absolute atomic E-state index is 0.249. The minimum atomic E-state index is -0.622. The molecule has 0 saturated carbocycles. The molecule has 6 heteroatoms. The first-order chi connectivity index (χ1) is 7.24. The lowest BCUT2D eigenvalue weighted by molar-refractivity contribution is 0.622. The number of halogens is 1. The third-order valence-electron chi connectivity index (χ3n) is 2.37. The molecule has 0 amide bonds. The van der Waals surface area contributed by atoms with Crippen molar-refractivity contribution in [2.24, 2.45) is 0 Å². The van der Waals surface area contributed by atoms with Crippen molar-refractivity contribution in [3.05, 3.63) is 17.5 Å². The van der Waals surface area contributed by atoms with E-state index >= 15 is 0 Å². The van der Waals surface area contributed by atoms with Gasteiger partial charge in [-0.25, -0.2) is 9.97 Å². The normalized spacial score (nSPS) is 26.2. The number of nitrogens with zero attached hydrogens (tertiary/aromatic N) is 2. The number of hydrogen-bond donors (Lipinski definition) is 1. The van der Waals surface area contributed by atoms with E-state index in [0.29, 0.717) is 6.04 Å². The van der Waals surface area contributed by atoms with E-state index in [1.54, 1.807) is 12.3 Å². The summed E-state index contributed by atoms with van der Waals surface area (Å²) in [5.41, 5.74) is 0. The van der Waals surface area contributed by atoms with Gasteiger partial charge >= 0.3 is 0 Å². The van der Waals surface area contributed by atoms with Gasteiger partial charge in [0.25, 0.3) is 0 Å². The van der Waals surface area contributed by atoms with E-state index in [1.807, 2.05) is 0 Å². The summed E-state index contributed by atoms with van der Waals surface area (Å²) in [5.74, 6) is 2.29. The summed E-state index contributed by atoms with van der Waals surface area (Å²) in [6.07, 6.45) is 3.47. The standard InChI is InChI=1S/C9H12ClN3OS/c10-9-11-4-1-8(13-9)12-7-2-5-15(14)6-3-7/h1,4,7H,2-3,5-6H2,(H,11,12,13). The van der Waals surface area contributed by atoms with Gasteiger partial charge in [-0.2, -0.15) is 0 Å².